The molecule has 168 valence electrons. The summed E-state index contributed by atoms with van der Waals surface area (Å²) < 4.78 is 5.21. The number of nitro groups is 1. The fourth-order valence-corrected chi connectivity index (χ4v) is 3.06. The molecule has 0 fully saturated rings. The molecule has 3 rings (SSSR count). The Balaban J connectivity index is 1.59. The molecular weight excluding hydrogens is 444 g/mol. The van der Waals surface area contributed by atoms with Gasteiger partial charge in [0.2, 0.25) is 0 Å². The van der Waals surface area contributed by atoms with Crippen LogP contribution in [0.25, 0.3) is 0 Å². The molecule has 0 bridgehead atoms. The second-order valence-corrected chi connectivity index (χ2v) is 7.09. The number of nitro benzene ring substituents is 1. The highest BCUT2D eigenvalue weighted by atomic mass is 32.1. The minimum Gasteiger partial charge on any atom is -0.487 e. The molecular formula is C23H20N4O5S. The van der Waals surface area contributed by atoms with Gasteiger partial charge in [-0.3, -0.25) is 25.0 Å². The molecule has 0 spiro atoms. The Morgan fingerprint density at radius 1 is 0.909 bits per heavy atom. The number of benzene rings is 3. The van der Waals surface area contributed by atoms with Gasteiger partial charge in [0.05, 0.1) is 11.5 Å². The first kappa shape index (κ1) is 23.4. The Morgan fingerprint density at radius 2 is 1.55 bits per heavy atom. The second kappa shape index (κ2) is 10.8. The Morgan fingerprint density at radius 3 is 2.15 bits per heavy atom. The molecule has 0 unspecified atom stereocenters. The zero-order chi connectivity index (χ0) is 23.8. The fourth-order valence-electron chi connectivity index (χ4n) is 2.85. The number of hydrogen-bond donors (Lipinski definition) is 3. The van der Waals surface area contributed by atoms with E-state index >= 15 is 0 Å². The maximum Gasteiger partial charge on any atom is 0.311 e. The minimum atomic E-state index is -0.615. The topological polar surface area (TPSA) is 123 Å². The van der Waals surface area contributed by atoms with Crippen molar-refractivity contribution in [2.75, 3.05) is 17.2 Å². The molecule has 0 aromatic heterocycles. The number of nitrogens with one attached hydrogen (secondary N) is 3. The van der Waals surface area contributed by atoms with Crippen molar-refractivity contribution >= 4 is 46.2 Å². The molecule has 33 heavy (non-hydrogen) atoms. The van der Waals surface area contributed by atoms with Crippen LogP contribution in [0.15, 0.2) is 72.8 Å². The lowest BCUT2D eigenvalue weighted by Crippen LogP contribution is -2.34. The minimum absolute atomic E-state index is 0.0117. The van der Waals surface area contributed by atoms with Crippen molar-refractivity contribution in [2.45, 2.75) is 6.92 Å². The van der Waals surface area contributed by atoms with Crippen molar-refractivity contribution in [3.8, 4) is 5.75 Å². The van der Waals surface area contributed by atoms with E-state index in [1.807, 2.05) is 6.07 Å². The highest BCUT2D eigenvalue weighted by molar-refractivity contribution is 7.80. The van der Waals surface area contributed by atoms with Gasteiger partial charge in [-0.2, -0.15) is 0 Å². The van der Waals surface area contributed by atoms with E-state index < -0.39 is 10.8 Å². The van der Waals surface area contributed by atoms with Crippen LogP contribution in [0, 0.1) is 10.1 Å². The summed E-state index contributed by atoms with van der Waals surface area (Å²) in [5, 5.41) is 19.4. The molecule has 0 saturated carbocycles. The lowest BCUT2D eigenvalue weighted by molar-refractivity contribution is -0.385. The van der Waals surface area contributed by atoms with Crippen LogP contribution in [0.4, 0.5) is 17.1 Å². The molecule has 9 nitrogen and oxygen atoms in total. The summed E-state index contributed by atoms with van der Waals surface area (Å²) in [4.78, 5) is 35.3. The van der Waals surface area contributed by atoms with Gasteiger partial charge in [0.25, 0.3) is 11.8 Å². The zero-order valence-electron chi connectivity index (χ0n) is 17.5. The first-order valence-electron chi connectivity index (χ1n) is 9.87. The quantitative estimate of drug-likeness (QED) is 0.269. The Hall–Kier alpha value is -4.31. The van der Waals surface area contributed by atoms with E-state index in [2.05, 4.69) is 16.0 Å². The van der Waals surface area contributed by atoms with Gasteiger partial charge in [-0.05, 0) is 67.7 Å². The van der Waals surface area contributed by atoms with Gasteiger partial charge < -0.3 is 15.4 Å². The van der Waals surface area contributed by atoms with E-state index in [-0.39, 0.29) is 34.6 Å². The zero-order valence-corrected chi connectivity index (χ0v) is 18.3. The molecule has 0 atom stereocenters. The Bertz CT molecular complexity index is 1180. The second-order valence-electron chi connectivity index (χ2n) is 6.68. The van der Waals surface area contributed by atoms with Crippen LogP contribution >= 0.6 is 12.2 Å². The largest absolute Gasteiger partial charge is 0.487 e. The van der Waals surface area contributed by atoms with Crippen LogP contribution < -0.4 is 20.7 Å². The van der Waals surface area contributed by atoms with E-state index in [1.54, 1.807) is 55.5 Å². The molecule has 3 aromatic rings. The number of hydrogen-bond acceptors (Lipinski definition) is 6. The third kappa shape index (κ3) is 6.34. The maximum atomic E-state index is 12.4. The van der Waals surface area contributed by atoms with E-state index in [1.165, 1.54) is 12.1 Å². The molecule has 3 aromatic carbocycles. The molecule has 0 aliphatic carbocycles. The van der Waals surface area contributed by atoms with Crippen molar-refractivity contribution < 1.29 is 19.2 Å². The van der Waals surface area contributed by atoms with Gasteiger partial charge in [0.1, 0.15) is 0 Å². The van der Waals surface area contributed by atoms with Crippen LogP contribution in [0.1, 0.15) is 27.6 Å². The summed E-state index contributed by atoms with van der Waals surface area (Å²) in [6, 6.07) is 19.5. The van der Waals surface area contributed by atoms with Crippen molar-refractivity contribution in [1.82, 2.24) is 5.32 Å². The summed E-state index contributed by atoms with van der Waals surface area (Å²) in [7, 11) is 0. The highest BCUT2D eigenvalue weighted by Gasteiger charge is 2.19. The van der Waals surface area contributed by atoms with Gasteiger partial charge in [-0.1, -0.05) is 18.2 Å². The van der Waals surface area contributed by atoms with Crippen LogP contribution in [0.2, 0.25) is 0 Å². The summed E-state index contributed by atoms with van der Waals surface area (Å²) in [6.45, 7) is 1.97. The monoisotopic (exact) mass is 464 g/mol. The summed E-state index contributed by atoms with van der Waals surface area (Å²) in [5.41, 5.74) is 1.46. The van der Waals surface area contributed by atoms with Gasteiger partial charge in [-0.15, -0.1) is 0 Å². The lowest BCUT2D eigenvalue weighted by atomic mass is 10.1. The fraction of sp³-hybridized carbons (Fsp3) is 0.0870. The van der Waals surface area contributed by atoms with Crippen LogP contribution in [-0.4, -0.2) is 28.5 Å². The predicted molar refractivity (Wildman–Crippen MR) is 129 cm³/mol. The summed E-state index contributed by atoms with van der Waals surface area (Å²) in [5.74, 6) is -0.756. The van der Waals surface area contributed by atoms with Crippen molar-refractivity contribution in [1.29, 1.82) is 0 Å². The number of nitrogens with zero attached hydrogens (tertiary/aromatic N) is 1. The number of carbonyl (C=O) groups excluding carboxylic acids is 2. The van der Waals surface area contributed by atoms with Gasteiger partial charge in [-0.25, -0.2) is 0 Å². The van der Waals surface area contributed by atoms with Crippen molar-refractivity contribution in [3.05, 3.63) is 94.0 Å². The van der Waals surface area contributed by atoms with E-state index in [0.29, 0.717) is 16.9 Å². The summed E-state index contributed by atoms with van der Waals surface area (Å²) >= 11 is 5.16. The van der Waals surface area contributed by atoms with E-state index in [0.717, 1.165) is 6.07 Å². The van der Waals surface area contributed by atoms with Crippen LogP contribution in [0.5, 0.6) is 5.75 Å². The molecule has 0 heterocycles. The number of anilines is 2. The standard InChI is InChI=1S/C23H20N4O5S/c1-2-32-20-13-8-16(14-19(20)27(30)31)22(29)26-23(33)25-18-11-9-17(10-12-18)24-21(28)15-6-4-3-5-7-15/h3-14H,2H2,1H3,(H,24,28)(H2,25,26,29,33). The molecule has 0 aliphatic heterocycles. The molecule has 0 radical (unpaired) electrons. The number of thiocarbonyl (C=S) groups is 1. The molecule has 3 N–H and O–H groups in total. The van der Waals surface area contributed by atoms with E-state index in [4.69, 9.17) is 17.0 Å². The predicted octanol–water partition coefficient (Wildman–Crippen LogP) is 4.37. The van der Waals surface area contributed by atoms with Crippen molar-refractivity contribution in [2.24, 2.45) is 0 Å². The number of amides is 2. The number of ether oxygens (including phenoxy) is 1. The first-order valence-corrected chi connectivity index (χ1v) is 10.3. The third-order valence-corrected chi connectivity index (χ3v) is 4.59. The van der Waals surface area contributed by atoms with Crippen LogP contribution in [-0.2, 0) is 0 Å². The molecule has 0 aliphatic rings. The lowest BCUT2D eigenvalue weighted by Gasteiger charge is -2.11. The SMILES string of the molecule is CCOc1ccc(C(=O)NC(=S)Nc2ccc(NC(=O)c3ccccc3)cc2)cc1[N+](=O)[O-]. The normalized spacial score (nSPS) is 10.1. The Labute approximate surface area is 194 Å². The summed E-state index contributed by atoms with van der Waals surface area (Å²) in [6.07, 6.45) is 0. The van der Waals surface area contributed by atoms with Crippen LogP contribution in [0.3, 0.4) is 0 Å². The van der Waals surface area contributed by atoms with Gasteiger partial charge in [0, 0.05) is 28.6 Å². The average Bonchev–Trinajstić information content (AvgIpc) is 2.81. The third-order valence-electron chi connectivity index (χ3n) is 4.38. The molecule has 2 amide bonds. The highest BCUT2D eigenvalue weighted by Crippen LogP contribution is 2.28. The number of carbonyl (C=O) groups is 2. The van der Waals surface area contributed by atoms with Gasteiger partial charge in [0.15, 0.2) is 10.9 Å². The molecule has 10 heteroatoms. The maximum absolute atomic E-state index is 12.4. The smallest absolute Gasteiger partial charge is 0.311 e. The van der Waals surface area contributed by atoms with E-state index in [9.17, 15) is 19.7 Å². The van der Waals surface area contributed by atoms with Crippen molar-refractivity contribution in [3.63, 3.8) is 0 Å². The molecule has 0 saturated heterocycles. The number of rotatable bonds is 7. The van der Waals surface area contributed by atoms with Gasteiger partial charge >= 0.3 is 5.69 Å². The Kier molecular flexibility index (Phi) is 7.66. The first-order chi connectivity index (χ1) is 15.9. The average molecular weight is 465 g/mol.